The Kier molecular flexibility index (Phi) is 22.0. The highest BCUT2D eigenvalue weighted by atomic mass is 16.5. The third-order valence-corrected chi connectivity index (χ3v) is 7.33. The van der Waals surface area contributed by atoms with Crippen LogP contribution in [0.25, 0.3) is 0 Å². The minimum atomic E-state index is -0.522. The molecule has 0 atom stereocenters. The molecule has 57 heavy (non-hydrogen) atoms. The molecule has 4 rings (SSSR count). The molecule has 0 bridgehead atoms. The highest BCUT2D eigenvalue weighted by Crippen LogP contribution is 2.19. The van der Waals surface area contributed by atoms with Crippen LogP contribution in [0.1, 0.15) is 76.2 Å². The first kappa shape index (κ1) is 46.5. The zero-order valence-electron chi connectivity index (χ0n) is 32.9. The van der Waals surface area contributed by atoms with Crippen molar-refractivity contribution in [1.82, 2.24) is 0 Å². The number of aryl methyl sites for hydroxylation is 1. The van der Waals surface area contributed by atoms with Gasteiger partial charge in [0, 0.05) is 12.2 Å². The number of esters is 5. The van der Waals surface area contributed by atoms with Crippen molar-refractivity contribution in [1.29, 1.82) is 0 Å². The third kappa shape index (κ3) is 18.5. The fraction of sp³-hybridized carbons (Fsp3) is 0.267. The molecule has 0 fully saturated rings. The Morgan fingerprint density at radius 2 is 0.789 bits per heavy atom. The van der Waals surface area contributed by atoms with Gasteiger partial charge in [-0.1, -0.05) is 44.7 Å². The average molecular weight is 783 g/mol. The molecule has 4 aromatic carbocycles. The maximum atomic E-state index is 12.2. The molecule has 0 radical (unpaired) electrons. The molecule has 0 saturated heterocycles. The van der Waals surface area contributed by atoms with Gasteiger partial charge in [-0.2, -0.15) is 0 Å². The van der Waals surface area contributed by atoms with Crippen molar-refractivity contribution in [2.24, 2.45) is 0 Å². The normalized spacial score (nSPS) is 9.75. The van der Waals surface area contributed by atoms with E-state index in [1.165, 1.54) is 31.4 Å². The summed E-state index contributed by atoms with van der Waals surface area (Å²) in [6.45, 7) is 14.2. The third-order valence-electron chi connectivity index (χ3n) is 7.33. The number of benzene rings is 4. The van der Waals surface area contributed by atoms with Crippen molar-refractivity contribution in [3.8, 4) is 23.0 Å². The molecule has 12 nitrogen and oxygen atoms in total. The van der Waals surface area contributed by atoms with Crippen LogP contribution in [0.3, 0.4) is 0 Å². The van der Waals surface area contributed by atoms with E-state index in [9.17, 15) is 24.0 Å². The Balaban J connectivity index is 0.000000379. The van der Waals surface area contributed by atoms with E-state index < -0.39 is 29.8 Å². The van der Waals surface area contributed by atoms with Gasteiger partial charge in [0.2, 0.25) is 0 Å². The van der Waals surface area contributed by atoms with E-state index >= 15 is 0 Å². The maximum Gasteiger partial charge on any atom is 0.343 e. The molecule has 0 aromatic heterocycles. The Morgan fingerprint density at radius 1 is 0.474 bits per heavy atom. The second-order valence-electron chi connectivity index (χ2n) is 11.5. The fourth-order valence-electron chi connectivity index (χ4n) is 4.34. The first-order valence-electron chi connectivity index (χ1n) is 18.4. The molecule has 0 amide bonds. The molecule has 0 unspecified atom stereocenters. The van der Waals surface area contributed by atoms with Gasteiger partial charge in [-0.25, -0.2) is 24.0 Å². The van der Waals surface area contributed by atoms with E-state index in [0.29, 0.717) is 79.0 Å². The molecular formula is C45H50O12. The number of hydrogen-bond donors (Lipinski definition) is 0. The number of carbonyl (C=O) groups excluding carboxylic acids is 5. The highest BCUT2D eigenvalue weighted by Gasteiger charge is 2.11. The monoisotopic (exact) mass is 782 g/mol. The van der Waals surface area contributed by atoms with Gasteiger partial charge in [0.05, 0.1) is 50.2 Å². The Hall–Kier alpha value is -6.69. The van der Waals surface area contributed by atoms with Gasteiger partial charge >= 0.3 is 29.8 Å². The summed E-state index contributed by atoms with van der Waals surface area (Å²) in [6, 6.07) is 26.7. The summed E-state index contributed by atoms with van der Waals surface area (Å²) < 4.78 is 36.1. The fourth-order valence-corrected chi connectivity index (χ4v) is 4.34. The summed E-state index contributed by atoms with van der Waals surface area (Å²) >= 11 is 0. The van der Waals surface area contributed by atoms with Crippen molar-refractivity contribution in [3.63, 3.8) is 0 Å². The van der Waals surface area contributed by atoms with E-state index in [2.05, 4.69) is 17.9 Å². The molecule has 0 aliphatic heterocycles. The SMILES string of the molecule is C=CC(=O)OCCCCOc1ccc(C(=O)Oc2ccc(C(=O)OC)cc2)cc1.C=CC(=O)OCCCCOc1ccc(C(=O)Oc2ccc(C)cc2)cc1.CC. The summed E-state index contributed by atoms with van der Waals surface area (Å²) in [6.07, 6.45) is 5.12. The molecule has 0 heterocycles. The molecular weight excluding hydrogens is 732 g/mol. The summed E-state index contributed by atoms with van der Waals surface area (Å²) in [7, 11) is 1.30. The molecule has 0 aliphatic carbocycles. The predicted octanol–water partition coefficient (Wildman–Crippen LogP) is 8.71. The van der Waals surface area contributed by atoms with E-state index in [1.807, 2.05) is 32.9 Å². The lowest BCUT2D eigenvalue weighted by atomic mass is 10.2. The van der Waals surface area contributed by atoms with Crippen molar-refractivity contribution >= 4 is 29.8 Å². The van der Waals surface area contributed by atoms with Crippen LogP contribution >= 0.6 is 0 Å². The average Bonchev–Trinajstić information content (AvgIpc) is 3.25. The molecule has 0 saturated carbocycles. The van der Waals surface area contributed by atoms with Crippen molar-refractivity contribution in [2.75, 3.05) is 33.5 Å². The van der Waals surface area contributed by atoms with Crippen LogP contribution in [-0.4, -0.2) is 63.4 Å². The Labute approximate surface area is 334 Å². The number of hydrogen-bond acceptors (Lipinski definition) is 12. The van der Waals surface area contributed by atoms with Gasteiger partial charge in [0.25, 0.3) is 0 Å². The standard InChI is InChI=1S/C22H22O7.C21H22O5.C2H6/c1-3-20(23)28-15-5-4-14-27-18-10-6-17(7-11-18)22(25)29-19-12-8-16(9-13-19)21(24)26-2;1-3-20(22)25-15-5-4-14-24-18-12-8-17(9-13-18)21(23)26-19-10-6-16(2)7-11-19;1-2/h3,6-13H,1,4-5,14-15H2,2H3;3,6-13H,1,4-5,14-15H2,2H3;1-2H3. The highest BCUT2D eigenvalue weighted by molar-refractivity contribution is 5.92. The van der Waals surface area contributed by atoms with Crippen molar-refractivity contribution in [3.05, 3.63) is 145 Å². The molecule has 0 N–H and O–H groups in total. The van der Waals surface area contributed by atoms with Crippen molar-refractivity contribution < 1.29 is 57.1 Å². The minimum Gasteiger partial charge on any atom is -0.494 e. The van der Waals surface area contributed by atoms with Gasteiger partial charge < -0.3 is 33.2 Å². The quantitative estimate of drug-likeness (QED) is 0.0294. The summed E-state index contributed by atoms with van der Waals surface area (Å²) in [5.41, 5.74) is 2.29. The summed E-state index contributed by atoms with van der Waals surface area (Å²) in [5.74, 6) is -0.135. The predicted molar refractivity (Wildman–Crippen MR) is 215 cm³/mol. The van der Waals surface area contributed by atoms with Crippen LogP contribution in [0.5, 0.6) is 23.0 Å². The number of ether oxygens (including phenoxy) is 7. The molecule has 12 heteroatoms. The van der Waals surface area contributed by atoms with E-state index in [0.717, 1.165) is 30.6 Å². The van der Waals surface area contributed by atoms with Crippen LogP contribution in [-0.2, 0) is 23.8 Å². The van der Waals surface area contributed by atoms with E-state index in [4.69, 9.17) is 28.4 Å². The molecule has 4 aromatic rings. The molecule has 0 spiro atoms. The number of rotatable bonds is 19. The van der Waals surface area contributed by atoms with Gasteiger partial charge in [-0.15, -0.1) is 0 Å². The smallest absolute Gasteiger partial charge is 0.343 e. The number of carbonyl (C=O) groups is 5. The van der Waals surface area contributed by atoms with Crippen molar-refractivity contribution in [2.45, 2.75) is 46.5 Å². The zero-order chi connectivity index (χ0) is 41.8. The van der Waals surface area contributed by atoms with E-state index in [-0.39, 0.29) is 0 Å². The van der Waals surface area contributed by atoms with Crippen LogP contribution in [0.15, 0.2) is 122 Å². The summed E-state index contributed by atoms with van der Waals surface area (Å²) in [5, 5.41) is 0. The number of methoxy groups -OCH3 is 1. The lowest BCUT2D eigenvalue weighted by Crippen LogP contribution is -2.09. The van der Waals surface area contributed by atoms with Crippen LogP contribution in [0.4, 0.5) is 0 Å². The van der Waals surface area contributed by atoms with Gasteiger partial charge in [0.1, 0.15) is 23.0 Å². The van der Waals surface area contributed by atoms with Gasteiger partial charge in [-0.3, -0.25) is 0 Å². The lowest BCUT2D eigenvalue weighted by Gasteiger charge is -2.08. The van der Waals surface area contributed by atoms with Crippen LogP contribution < -0.4 is 18.9 Å². The number of unbranched alkanes of at least 4 members (excludes halogenated alkanes) is 2. The molecule has 302 valence electrons. The first-order chi connectivity index (χ1) is 27.6. The Bertz CT molecular complexity index is 1850. The van der Waals surface area contributed by atoms with E-state index in [1.54, 1.807) is 60.7 Å². The largest absolute Gasteiger partial charge is 0.494 e. The van der Waals surface area contributed by atoms with Gasteiger partial charge in [0.15, 0.2) is 0 Å². The maximum absolute atomic E-state index is 12.2. The second-order valence-corrected chi connectivity index (χ2v) is 11.5. The second kappa shape index (κ2) is 27.0. The van der Waals surface area contributed by atoms with Crippen LogP contribution in [0, 0.1) is 6.92 Å². The van der Waals surface area contributed by atoms with Gasteiger partial charge in [-0.05, 0) is 118 Å². The van der Waals surface area contributed by atoms with Crippen LogP contribution in [0.2, 0.25) is 0 Å². The molecule has 0 aliphatic rings. The lowest BCUT2D eigenvalue weighted by molar-refractivity contribution is -0.138. The topological polar surface area (TPSA) is 150 Å². The first-order valence-corrected chi connectivity index (χ1v) is 18.4. The summed E-state index contributed by atoms with van der Waals surface area (Å²) in [4.78, 5) is 57.5. The zero-order valence-corrected chi connectivity index (χ0v) is 32.9. The minimum absolute atomic E-state index is 0.319. The Morgan fingerprint density at radius 3 is 1.14 bits per heavy atom.